The predicted octanol–water partition coefficient (Wildman–Crippen LogP) is 3.91. The zero-order chi connectivity index (χ0) is 13.3. The lowest BCUT2D eigenvalue weighted by Gasteiger charge is -2.32. The van der Waals surface area contributed by atoms with E-state index in [4.69, 9.17) is 38.4 Å². The number of benzene rings is 1. The maximum absolute atomic E-state index is 5.97. The lowest BCUT2D eigenvalue weighted by Crippen LogP contribution is -2.35. The lowest BCUT2D eigenvalue weighted by molar-refractivity contribution is -0.0720. The molecule has 1 saturated heterocycles. The number of rotatable bonds is 2. The number of nitrogen functional groups attached to an aromatic ring is 1. The van der Waals surface area contributed by atoms with E-state index in [1.807, 2.05) is 13.8 Å². The molecular weight excluding hydrogens is 273 g/mol. The summed E-state index contributed by atoms with van der Waals surface area (Å²) in [5.74, 6) is 0.593. The quantitative estimate of drug-likeness (QED) is 0.840. The van der Waals surface area contributed by atoms with E-state index < -0.39 is 0 Å². The van der Waals surface area contributed by atoms with Crippen molar-refractivity contribution in [3.05, 3.63) is 22.2 Å². The van der Waals surface area contributed by atoms with Gasteiger partial charge in [-0.25, -0.2) is 0 Å². The molecule has 2 atom stereocenters. The maximum atomic E-state index is 5.97. The van der Waals surface area contributed by atoms with Gasteiger partial charge in [-0.05, 0) is 19.9 Å². The number of hydrogen-bond donors (Lipinski definition) is 1. The monoisotopic (exact) mass is 289 g/mol. The second-order valence-electron chi connectivity index (χ2n) is 4.77. The number of anilines is 1. The first-order valence-electron chi connectivity index (χ1n) is 6.02. The third-order valence-corrected chi connectivity index (χ3v) is 3.72. The van der Waals surface area contributed by atoms with Gasteiger partial charge in [0.05, 0.1) is 27.9 Å². The first-order chi connectivity index (χ1) is 8.45. The fraction of sp³-hybridized carbons (Fsp3) is 0.538. The van der Waals surface area contributed by atoms with Gasteiger partial charge in [-0.15, -0.1) is 0 Å². The lowest BCUT2D eigenvalue weighted by atomic mass is 10.0. The molecule has 0 saturated carbocycles. The van der Waals surface area contributed by atoms with E-state index in [2.05, 4.69) is 0 Å². The van der Waals surface area contributed by atoms with Crippen molar-refractivity contribution >= 4 is 28.9 Å². The molecule has 0 radical (unpaired) electrons. The molecule has 1 aliphatic heterocycles. The van der Waals surface area contributed by atoms with Crippen LogP contribution in [0.3, 0.4) is 0 Å². The summed E-state index contributed by atoms with van der Waals surface area (Å²) in [6.45, 7) is 4.09. The second-order valence-corrected chi connectivity index (χ2v) is 5.59. The summed E-state index contributed by atoms with van der Waals surface area (Å²) in [6.07, 6.45) is 2.20. The van der Waals surface area contributed by atoms with Gasteiger partial charge in [0.15, 0.2) is 0 Å². The zero-order valence-corrected chi connectivity index (χ0v) is 12.0. The predicted molar refractivity (Wildman–Crippen MR) is 74.5 cm³/mol. The Morgan fingerprint density at radius 3 is 2.33 bits per heavy atom. The van der Waals surface area contributed by atoms with Crippen LogP contribution in [-0.2, 0) is 4.74 Å². The van der Waals surface area contributed by atoms with Crippen molar-refractivity contribution in [2.45, 2.75) is 45.0 Å². The molecule has 1 aromatic carbocycles. The summed E-state index contributed by atoms with van der Waals surface area (Å²) in [4.78, 5) is 0. The van der Waals surface area contributed by atoms with Crippen LogP contribution in [0.15, 0.2) is 12.1 Å². The van der Waals surface area contributed by atoms with Gasteiger partial charge in [-0.3, -0.25) is 0 Å². The Hall–Kier alpha value is -0.640. The first kappa shape index (κ1) is 13.8. The molecule has 2 rings (SSSR count). The van der Waals surface area contributed by atoms with Crippen molar-refractivity contribution in [2.24, 2.45) is 0 Å². The van der Waals surface area contributed by atoms with Crippen molar-refractivity contribution in [1.29, 1.82) is 0 Å². The van der Waals surface area contributed by atoms with Crippen LogP contribution in [0.2, 0.25) is 10.0 Å². The molecule has 1 aliphatic rings. The Balaban J connectivity index is 2.11. The van der Waals surface area contributed by atoms with E-state index >= 15 is 0 Å². The van der Waals surface area contributed by atoms with Gasteiger partial charge in [0.25, 0.3) is 0 Å². The zero-order valence-electron chi connectivity index (χ0n) is 10.5. The Morgan fingerprint density at radius 2 is 1.72 bits per heavy atom. The summed E-state index contributed by atoms with van der Waals surface area (Å²) in [7, 11) is 0. The minimum atomic E-state index is 0.100. The van der Waals surface area contributed by atoms with Crippen molar-refractivity contribution < 1.29 is 9.47 Å². The standard InChI is InChI=1S/C13H17Cl2NO2/c1-7-3-9(4-8(2)17-7)18-13-6-11(15)10(14)5-12(13)16/h5-9H,3-4,16H2,1-2H3. The second kappa shape index (κ2) is 5.55. The Bertz CT molecular complexity index is 429. The van der Waals surface area contributed by atoms with Crippen molar-refractivity contribution in [3.8, 4) is 5.75 Å². The van der Waals surface area contributed by atoms with Crippen LogP contribution in [0.5, 0.6) is 5.75 Å². The number of hydrogen-bond acceptors (Lipinski definition) is 3. The van der Waals surface area contributed by atoms with E-state index in [1.54, 1.807) is 12.1 Å². The Kier molecular flexibility index (Phi) is 4.25. The van der Waals surface area contributed by atoms with Crippen LogP contribution < -0.4 is 10.5 Å². The van der Waals surface area contributed by atoms with Crippen LogP contribution in [0.25, 0.3) is 0 Å². The van der Waals surface area contributed by atoms with E-state index in [1.165, 1.54) is 0 Å². The minimum Gasteiger partial charge on any atom is -0.488 e. The Labute approximate surface area is 117 Å². The molecule has 0 amide bonds. The summed E-state index contributed by atoms with van der Waals surface area (Å²) < 4.78 is 11.6. The molecule has 2 unspecified atom stereocenters. The molecule has 100 valence electrons. The summed E-state index contributed by atoms with van der Waals surface area (Å²) in [5, 5.41) is 0.893. The minimum absolute atomic E-state index is 0.100. The highest BCUT2D eigenvalue weighted by atomic mass is 35.5. The van der Waals surface area contributed by atoms with Crippen molar-refractivity contribution in [2.75, 3.05) is 5.73 Å². The van der Waals surface area contributed by atoms with Crippen molar-refractivity contribution in [3.63, 3.8) is 0 Å². The van der Waals surface area contributed by atoms with Crippen LogP contribution in [0.4, 0.5) is 5.69 Å². The average molecular weight is 290 g/mol. The average Bonchev–Trinajstić information content (AvgIpc) is 2.24. The highest BCUT2D eigenvalue weighted by Gasteiger charge is 2.26. The SMILES string of the molecule is CC1CC(Oc2cc(Cl)c(Cl)cc2N)CC(C)O1. The highest BCUT2D eigenvalue weighted by Crippen LogP contribution is 2.34. The highest BCUT2D eigenvalue weighted by molar-refractivity contribution is 6.42. The number of halogens is 2. The van der Waals surface area contributed by atoms with Gasteiger partial charge < -0.3 is 15.2 Å². The largest absolute Gasteiger partial charge is 0.488 e. The van der Waals surface area contributed by atoms with Crippen LogP contribution in [0.1, 0.15) is 26.7 Å². The van der Waals surface area contributed by atoms with Gasteiger partial charge in [-0.2, -0.15) is 0 Å². The topological polar surface area (TPSA) is 44.5 Å². The normalized spacial score (nSPS) is 28.1. The van der Waals surface area contributed by atoms with Crippen LogP contribution in [-0.4, -0.2) is 18.3 Å². The molecule has 0 aliphatic carbocycles. The third kappa shape index (κ3) is 3.22. The van der Waals surface area contributed by atoms with Crippen molar-refractivity contribution in [1.82, 2.24) is 0 Å². The number of nitrogens with two attached hydrogens (primary N) is 1. The summed E-state index contributed by atoms with van der Waals surface area (Å²) >= 11 is 11.9. The van der Waals surface area contributed by atoms with Crippen LogP contribution in [0, 0.1) is 0 Å². The molecule has 1 aromatic rings. The first-order valence-corrected chi connectivity index (χ1v) is 6.78. The summed E-state index contributed by atoms with van der Waals surface area (Å²) in [5.41, 5.74) is 6.39. The van der Waals surface area contributed by atoms with Gasteiger partial charge in [-0.1, -0.05) is 23.2 Å². The van der Waals surface area contributed by atoms with E-state index in [-0.39, 0.29) is 18.3 Å². The van der Waals surface area contributed by atoms with Crippen LogP contribution >= 0.6 is 23.2 Å². The van der Waals surface area contributed by atoms with E-state index in [0.29, 0.717) is 21.5 Å². The van der Waals surface area contributed by atoms with Gasteiger partial charge in [0.1, 0.15) is 11.9 Å². The van der Waals surface area contributed by atoms with Gasteiger partial charge in [0, 0.05) is 18.9 Å². The molecule has 1 fully saturated rings. The molecule has 2 N–H and O–H groups in total. The fourth-order valence-electron chi connectivity index (χ4n) is 2.27. The molecule has 18 heavy (non-hydrogen) atoms. The smallest absolute Gasteiger partial charge is 0.144 e. The van der Waals surface area contributed by atoms with E-state index in [9.17, 15) is 0 Å². The maximum Gasteiger partial charge on any atom is 0.144 e. The molecule has 0 bridgehead atoms. The third-order valence-electron chi connectivity index (χ3n) is 3.00. The fourth-order valence-corrected chi connectivity index (χ4v) is 2.59. The number of ether oxygens (including phenoxy) is 2. The molecule has 0 aromatic heterocycles. The molecular formula is C13H17Cl2NO2. The van der Waals surface area contributed by atoms with Gasteiger partial charge >= 0.3 is 0 Å². The van der Waals surface area contributed by atoms with E-state index in [0.717, 1.165) is 12.8 Å². The molecule has 5 heteroatoms. The molecule has 3 nitrogen and oxygen atoms in total. The molecule has 0 spiro atoms. The summed E-state index contributed by atoms with van der Waals surface area (Å²) in [6, 6.07) is 3.29. The Morgan fingerprint density at radius 1 is 1.17 bits per heavy atom. The van der Waals surface area contributed by atoms with Gasteiger partial charge in [0.2, 0.25) is 0 Å². The molecule has 1 heterocycles.